The van der Waals surface area contributed by atoms with Crippen LogP contribution in [0, 0.1) is 17.8 Å². The van der Waals surface area contributed by atoms with E-state index in [2.05, 4.69) is 20.8 Å². The average Bonchev–Trinajstić information content (AvgIpc) is 2.61. The van der Waals surface area contributed by atoms with Crippen molar-refractivity contribution < 1.29 is 0 Å². The molecule has 84 valence electrons. The zero-order valence-corrected chi connectivity index (χ0v) is 10.1. The van der Waals surface area contributed by atoms with Gasteiger partial charge in [-0.2, -0.15) is 0 Å². The summed E-state index contributed by atoms with van der Waals surface area (Å²) in [6.07, 6.45) is 8.01. The van der Waals surface area contributed by atoms with Gasteiger partial charge in [0, 0.05) is 6.04 Å². The number of nitrogens with two attached hydrogens (primary N) is 1. The predicted molar refractivity (Wildman–Crippen MR) is 63.2 cm³/mol. The normalized spacial score (nSPS) is 29.8. The zero-order valence-electron chi connectivity index (χ0n) is 10.1. The Hall–Kier alpha value is -0.0400. The Balaban J connectivity index is 2.30. The SMILES string of the molecule is CCC(CC)CC(N)C1CCC(C)C1. The van der Waals surface area contributed by atoms with Crippen LogP contribution in [0.25, 0.3) is 0 Å². The van der Waals surface area contributed by atoms with Crippen LogP contribution < -0.4 is 5.73 Å². The third kappa shape index (κ3) is 3.27. The van der Waals surface area contributed by atoms with E-state index < -0.39 is 0 Å². The van der Waals surface area contributed by atoms with Crippen LogP contribution in [-0.2, 0) is 0 Å². The van der Waals surface area contributed by atoms with E-state index in [-0.39, 0.29) is 0 Å². The molecule has 0 saturated heterocycles. The van der Waals surface area contributed by atoms with E-state index in [9.17, 15) is 0 Å². The molecule has 0 bridgehead atoms. The molecule has 2 N–H and O–H groups in total. The van der Waals surface area contributed by atoms with E-state index in [0.29, 0.717) is 6.04 Å². The molecule has 1 aliphatic rings. The van der Waals surface area contributed by atoms with Crippen LogP contribution in [-0.4, -0.2) is 6.04 Å². The molecule has 1 aliphatic carbocycles. The van der Waals surface area contributed by atoms with Crippen LogP contribution in [0.2, 0.25) is 0 Å². The van der Waals surface area contributed by atoms with Crippen LogP contribution in [0.5, 0.6) is 0 Å². The summed E-state index contributed by atoms with van der Waals surface area (Å²) >= 11 is 0. The Kier molecular flexibility index (Phi) is 4.94. The van der Waals surface area contributed by atoms with Gasteiger partial charge in [-0.25, -0.2) is 0 Å². The molecule has 1 heteroatoms. The Labute approximate surface area is 89.5 Å². The maximum absolute atomic E-state index is 6.29. The monoisotopic (exact) mass is 197 g/mol. The summed E-state index contributed by atoms with van der Waals surface area (Å²) in [4.78, 5) is 0. The Morgan fingerprint density at radius 2 is 1.86 bits per heavy atom. The largest absolute Gasteiger partial charge is 0.327 e. The molecule has 1 fully saturated rings. The van der Waals surface area contributed by atoms with Gasteiger partial charge in [0.15, 0.2) is 0 Å². The summed E-state index contributed by atoms with van der Waals surface area (Å²) in [6, 6.07) is 0.477. The number of rotatable bonds is 5. The lowest BCUT2D eigenvalue weighted by Crippen LogP contribution is -2.30. The van der Waals surface area contributed by atoms with Gasteiger partial charge in [0.1, 0.15) is 0 Å². The van der Waals surface area contributed by atoms with Gasteiger partial charge < -0.3 is 5.73 Å². The first kappa shape index (κ1) is 12.0. The van der Waals surface area contributed by atoms with Crippen molar-refractivity contribution in [3.8, 4) is 0 Å². The molecular formula is C13H27N. The van der Waals surface area contributed by atoms with E-state index >= 15 is 0 Å². The topological polar surface area (TPSA) is 26.0 Å². The highest BCUT2D eigenvalue weighted by molar-refractivity contribution is 4.82. The molecule has 0 heterocycles. The quantitative estimate of drug-likeness (QED) is 0.716. The molecular weight excluding hydrogens is 170 g/mol. The van der Waals surface area contributed by atoms with Gasteiger partial charge in [-0.15, -0.1) is 0 Å². The first-order valence-electron chi connectivity index (χ1n) is 6.42. The van der Waals surface area contributed by atoms with Crippen molar-refractivity contribution in [3.63, 3.8) is 0 Å². The van der Waals surface area contributed by atoms with Gasteiger partial charge in [-0.1, -0.05) is 40.0 Å². The lowest BCUT2D eigenvalue weighted by atomic mass is 9.87. The Morgan fingerprint density at radius 1 is 1.21 bits per heavy atom. The molecule has 0 amide bonds. The Morgan fingerprint density at radius 3 is 2.29 bits per heavy atom. The van der Waals surface area contributed by atoms with Gasteiger partial charge >= 0.3 is 0 Å². The van der Waals surface area contributed by atoms with Crippen molar-refractivity contribution in [2.24, 2.45) is 23.5 Å². The van der Waals surface area contributed by atoms with Gasteiger partial charge in [-0.05, 0) is 37.0 Å². The first-order chi connectivity index (χ1) is 6.67. The number of hydrogen-bond acceptors (Lipinski definition) is 1. The van der Waals surface area contributed by atoms with Crippen LogP contribution >= 0.6 is 0 Å². The molecule has 14 heavy (non-hydrogen) atoms. The minimum atomic E-state index is 0.477. The lowest BCUT2D eigenvalue weighted by Gasteiger charge is -2.23. The second kappa shape index (κ2) is 5.75. The zero-order chi connectivity index (χ0) is 10.6. The third-order valence-corrected chi connectivity index (χ3v) is 4.10. The highest BCUT2D eigenvalue weighted by Crippen LogP contribution is 2.34. The van der Waals surface area contributed by atoms with Crippen molar-refractivity contribution >= 4 is 0 Å². The minimum absolute atomic E-state index is 0.477. The van der Waals surface area contributed by atoms with Crippen LogP contribution in [0.3, 0.4) is 0 Å². The fraction of sp³-hybridized carbons (Fsp3) is 1.00. The average molecular weight is 197 g/mol. The van der Waals surface area contributed by atoms with E-state index in [1.165, 1.54) is 38.5 Å². The fourth-order valence-electron chi connectivity index (χ4n) is 2.84. The smallest absolute Gasteiger partial charge is 0.00698 e. The van der Waals surface area contributed by atoms with Crippen molar-refractivity contribution in [3.05, 3.63) is 0 Å². The molecule has 0 aromatic heterocycles. The van der Waals surface area contributed by atoms with Gasteiger partial charge in [0.05, 0.1) is 0 Å². The number of hydrogen-bond donors (Lipinski definition) is 1. The lowest BCUT2D eigenvalue weighted by molar-refractivity contribution is 0.327. The molecule has 1 rings (SSSR count). The van der Waals surface area contributed by atoms with Crippen molar-refractivity contribution in [2.75, 3.05) is 0 Å². The van der Waals surface area contributed by atoms with Crippen molar-refractivity contribution in [1.82, 2.24) is 0 Å². The third-order valence-electron chi connectivity index (χ3n) is 4.10. The summed E-state index contributed by atoms with van der Waals surface area (Å²) in [5.74, 6) is 2.61. The predicted octanol–water partition coefficient (Wildman–Crippen LogP) is 3.58. The summed E-state index contributed by atoms with van der Waals surface area (Å²) in [6.45, 7) is 6.94. The second-order valence-corrected chi connectivity index (χ2v) is 5.26. The molecule has 3 atom stereocenters. The molecule has 0 aliphatic heterocycles. The molecule has 0 radical (unpaired) electrons. The van der Waals surface area contributed by atoms with Crippen molar-refractivity contribution in [2.45, 2.75) is 65.3 Å². The highest BCUT2D eigenvalue weighted by atomic mass is 14.7. The van der Waals surface area contributed by atoms with Crippen LogP contribution in [0.15, 0.2) is 0 Å². The molecule has 1 nitrogen and oxygen atoms in total. The summed E-state index contributed by atoms with van der Waals surface area (Å²) < 4.78 is 0. The van der Waals surface area contributed by atoms with E-state index in [1.807, 2.05) is 0 Å². The van der Waals surface area contributed by atoms with Gasteiger partial charge in [-0.3, -0.25) is 0 Å². The van der Waals surface area contributed by atoms with Crippen LogP contribution in [0.4, 0.5) is 0 Å². The summed E-state index contributed by atoms with van der Waals surface area (Å²) in [7, 11) is 0. The minimum Gasteiger partial charge on any atom is -0.327 e. The van der Waals surface area contributed by atoms with Gasteiger partial charge in [0.25, 0.3) is 0 Å². The molecule has 0 spiro atoms. The summed E-state index contributed by atoms with van der Waals surface area (Å²) in [5.41, 5.74) is 6.29. The fourth-order valence-corrected chi connectivity index (χ4v) is 2.84. The Bertz CT molecular complexity index is 151. The van der Waals surface area contributed by atoms with Crippen molar-refractivity contribution in [1.29, 1.82) is 0 Å². The van der Waals surface area contributed by atoms with E-state index in [0.717, 1.165) is 17.8 Å². The van der Waals surface area contributed by atoms with Gasteiger partial charge in [0.2, 0.25) is 0 Å². The van der Waals surface area contributed by atoms with E-state index in [4.69, 9.17) is 5.73 Å². The maximum atomic E-state index is 6.29. The molecule has 0 aromatic rings. The van der Waals surface area contributed by atoms with E-state index in [1.54, 1.807) is 0 Å². The highest BCUT2D eigenvalue weighted by Gasteiger charge is 2.27. The maximum Gasteiger partial charge on any atom is 0.00698 e. The first-order valence-corrected chi connectivity index (χ1v) is 6.42. The van der Waals surface area contributed by atoms with Crippen LogP contribution in [0.1, 0.15) is 59.3 Å². The second-order valence-electron chi connectivity index (χ2n) is 5.26. The summed E-state index contributed by atoms with van der Waals surface area (Å²) in [5, 5.41) is 0. The molecule has 0 aromatic carbocycles. The molecule has 1 saturated carbocycles. The standard InChI is InChI=1S/C13H27N/c1-4-11(5-2)9-13(14)12-7-6-10(3)8-12/h10-13H,4-9,14H2,1-3H3. The molecule has 3 unspecified atom stereocenters.